The number of sulfonamides is 1. The van der Waals surface area contributed by atoms with E-state index in [1.165, 1.54) is 11.3 Å². The number of aromatic nitrogens is 1. The first-order valence-electron chi connectivity index (χ1n) is 8.37. The van der Waals surface area contributed by atoms with Crippen molar-refractivity contribution in [3.63, 3.8) is 0 Å². The average molecular weight is 374 g/mol. The van der Waals surface area contributed by atoms with Crippen LogP contribution >= 0.6 is 11.3 Å². The first-order valence-corrected chi connectivity index (χ1v) is 11.1. The summed E-state index contributed by atoms with van der Waals surface area (Å²) >= 11 is 1.20. The third-order valence-electron chi connectivity index (χ3n) is 4.47. The molecule has 1 amide bonds. The zero-order chi connectivity index (χ0) is 17.9. The second-order valence-corrected chi connectivity index (χ2v) is 9.67. The Bertz CT molecular complexity index is 670. The molecule has 0 radical (unpaired) electrons. The summed E-state index contributed by atoms with van der Waals surface area (Å²) in [6.45, 7) is 7.37. The molecule has 2 heterocycles. The van der Waals surface area contributed by atoms with Gasteiger partial charge in [0.15, 0.2) is 5.13 Å². The van der Waals surface area contributed by atoms with Crippen molar-refractivity contribution in [2.45, 2.75) is 52.5 Å². The second kappa shape index (κ2) is 7.82. The van der Waals surface area contributed by atoms with Crippen LogP contribution in [0, 0.1) is 11.8 Å². The highest BCUT2D eigenvalue weighted by atomic mass is 32.2. The van der Waals surface area contributed by atoms with E-state index < -0.39 is 10.0 Å². The molecule has 0 aromatic carbocycles. The van der Waals surface area contributed by atoms with Gasteiger partial charge in [-0.05, 0) is 31.1 Å². The molecule has 0 bridgehead atoms. The Morgan fingerprint density at radius 2 is 2.12 bits per heavy atom. The Balaban J connectivity index is 2.06. The lowest BCUT2D eigenvalue weighted by Gasteiger charge is -2.33. The molecule has 1 aromatic rings. The molecule has 24 heavy (non-hydrogen) atoms. The van der Waals surface area contributed by atoms with Crippen LogP contribution in [-0.4, -0.2) is 43.1 Å². The summed E-state index contributed by atoms with van der Waals surface area (Å²) < 4.78 is 24.8. The fraction of sp³-hybridized carbons (Fsp3) is 0.750. The quantitative estimate of drug-likeness (QED) is 0.861. The Kier molecular flexibility index (Phi) is 6.25. The minimum absolute atomic E-state index is 0.0824. The van der Waals surface area contributed by atoms with Crippen molar-refractivity contribution < 1.29 is 13.2 Å². The van der Waals surface area contributed by atoms with Crippen LogP contribution in [0.3, 0.4) is 0 Å². The van der Waals surface area contributed by atoms with Gasteiger partial charge in [-0.1, -0.05) is 20.8 Å². The summed E-state index contributed by atoms with van der Waals surface area (Å²) in [6.07, 6.45) is 4.55. The number of hydrogen-bond acceptors (Lipinski definition) is 5. The van der Waals surface area contributed by atoms with E-state index in [-0.39, 0.29) is 18.4 Å². The fourth-order valence-corrected chi connectivity index (χ4v) is 4.70. The van der Waals surface area contributed by atoms with Crippen molar-refractivity contribution in [2.24, 2.45) is 11.8 Å². The summed E-state index contributed by atoms with van der Waals surface area (Å²) in [6, 6.07) is 0.273. The summed E-state index contributed by atoms with van der Waals surface area (Å²) in [5, 5.41) is 2.06. The standard InChI is InChI=1S/C16H27N3O3S2/c1-11(2)14-6-5-12(3)7-8-19(14)15(20)9-13-10-23-16(17-13)18-24(4,21)22/h10-12,14H,5-9H2,1-4H3,(H,17,18). The molecule has 1 aliphatic heterocycles. The third kappa shape index (κ3) is 5.44. The first kappa shape index (κ1) is 19.2. The molecule has 2 atom stereocenters. The van der Waals surface area contributed by atoms with Crippen molar-refractivity contribution in [1.29, 1.82) is 0 Å². The van der Waals surface area contributed by atoms with Crippen LogP contribution in [0.1, 0.15) is 45.7 Å². The lowest BCUT2D eigenvalue weighted by atomic mass is 9.95. The maximum absolute atomic E-state index is 12.8. The molecule has 1 aliphatic rings. The van der Waals surface area contributed by atoms with E-state index in [9.17, 15) is 13.2 Å². The van der Waals surface area contributed by atoms with Gasteiger partial charge >= 0.3 is 0 Å². The van der Waals surface area contributed by atoms with Crippen molar-refractivity contribution in [3.05, 3.63) is 11.1 Å². The van der Waals surface area contributed by atoms with Gasteiger partial charge in [-0.3, -0.25) is 9.52 Å². The van der Waals surface area contributed by atoms with Gasteiger partial charge in [0.1, 0.15) is 0 Å². The second-order valence-electron chi connectivity index (χ2n) is 7.06. The van der Waals surface area contributed by atoms with E-state index in [2.05, 4.69) is 30.5 Å². The van der Waals surface area contributed by atoms with E-state index >= 15 is 0 Å². The number of amides is 1. The fourth-order valence-electron chi connectivity index (χ4n) is 3.13. The zero-order valence-electron chi connectivity index (χ0n) is 14.8. The predicted octanol–water partition coefficient (Wildman–Crippen LogP) is 2.73. The van der Waals surface area contributed by atoms with Gasteiger partial charge in [-0.2, -0.15) is 0 Å². The van der Waals surface area contributed by atoms with Crippen molar-refractivity contribution in [2.75, 3.05) is 17.5 Å². The van der Waals surface area contributed by atoms with Crippen LogP contribution in [0.15, 0.2) is 5.38 Å². The van der Waals surface area contributed by atoms with Crippen LogP contribution in [0.4, 0.5) is 5.13 Å². The molecular formula is C16H27N3O3S2. The molecule has 8 heteroatoms. The number of nitrogens with one attached hydrogen (secondary N) is 1. The molecule has 2 unspecified atom stereocenters. The van der Waals surface area contributed by atoms with Crippen LogP contribution in [0.5, 0.6) is 0 Å². The Labute approximate surface area is 148 Å². The third-order valence-corrected chi connectivity index (χ3v) is 5.96. The summed E-state index contributed by atoms with van der Waals surface area (Å²) in [5.41, 5.74) is 0.621. The number of rotatable bonds is 5. The first-order chi connectivity index (χ1) is 11.2. The molecule has 1 fully saturated rings. The number of carbonyl (C=O) groups excluding carboxylic acids is 1. The highest BCUT2D eigenvalue weighted by molar-refractivity contribution is 7.92. The molecule has 0 spiro atoms. The molecule has 1 saturated heterocycles. The van der Waals surface area contributed by atoms with Crippen LogP contribution in [0.25, 0.3) is 0 Å². The van der Waals surface area contributed by atoms with Crippen molar-refractivity contribution in [1.82, 2.24) is 9.88 Å². The minimum Gasteiger partial charge on any atom is -0.339 e. The van der Waals surface area contributed by atoms with Gasteiger partial charge in [0, 0.05) is 18.0 Å². The molecule has 2 rings (SSSR count). The predicted molar refractivity (Wildman–Crippen MR) is 97.6 cm³/mol. The van der Waals surface area contributed by atoms with Crippen LogP contribution in [0.2, 0.25) is 0 Å². The maximum Gasteiger partial charge on any atom is 0.231 e. The molecular weight excluding hydrogens is 346 g/mol. The van der Waals surface area contributed by atoms with Gasteiger partial charge in [-0.25, -0.2) is 13.4 Å². The van der Waals surface area contributed by atoms with Gasteiger partial charge in [-0.15, -0.1) is 11.3 Å². The Morgan fingerprint density at radius 3 is 2.75 bits per heavy atom. The minimum atomic E-state index is -3.34. The van der Waals surface area contributed by atoms with Crippen LogP contribution in [-0.2, 0) is 21.2 Å². The van der Waals surface area contributed by atoms with Gasteiger partial charge in [0.2, 0.25) is 15.9 Å². The Hall–Kier alpha value is -1.15. The van der Waals surface area contributed by atoms with E-state index in [0.717, 1.165) is 32.1 Å². The van der Waals surface area contributed by atoms with E-state index in [0.29, 0.717) is 22.7 Å². The highest BCUT2D eigenvalue weighted by Gasteiger charge is 2.29. The van der Waals surface area contributed by atoms with Gasteiger partial charge in [0.25, 0.3) is 0 Å². The smallest absolute Gasteiger partial charge is 0.231 e. The van der Waals surface area contributed by atoms with E-state index in [1.54, 1.807) is 5.38 Å². The average Bonchev–Trinajstić information content (AvgIpc) is 2.76. The molecule has 1 N–H and O–H groups in total. The van der Waals surface area contributed by atoms with Crippen LogP contribution < -0.4 is 4.72 Å². The molecule has 0 saturated carbocycles. The van der Waals surface area contributed by atoms with Gasteiger partial charge in [0.05, 0.1) is 18.4 Å². The number of anilines is 1. The van der Waals surface area contributed by atoms with E-state index in [4.69, 9.17) is 0 Å². The topological polar surface area (TPSA) is 79.4 Å². The van der Waals surface area contributed by atoms with Crippen molar-refractivity contribution in [3.8, 4) is 0 Å². The molecule has 1 aromatic heterocycles. The van der Waals surface area contributed by atoms with Gasteiger partial charge < -0.3 is 4.90 Å². The lowest BCUT2D eigenvalue weighted by molar-refractivity contribution is -0.133. The SMILES string of the molecule is CC1CCC(C(C)C)N(C(=O)Cc2csc(NS(C)(=O)=O)n2)CC1. The largest absolute Gasteiger partial charge is 0.339 e. The maximum atomic E-state index is 12.8. The summed E-state index contributed by atoms with van der Waals surface area (Å²) in [4.78, 5) is 19.0. The van der Waals surface area contributed by atoms with Crippen molar-refractivity contribution >= 4 is 32.4 Å². The molecule has 136 valence electrons. The normalized spacial score (nSPS) is 22.5. The van der Waals surface area contributed by atoms with E-state index in [1.807, 2.05) is 4.90 Å². The molecule has 6 nitrogen and oxygen atoms in total. The monoisotopic (exact) mass is 373 g/mol. The summed E-state index contributed by atoms with van der Waals surface area (Å²) in [7, 11) is -3.34. The lowest BCUT2D eigenvalue weighted by Crippen LogP contribution is -2.43. The Morgan fingerprint density at radius 1 is 1.42 bits per heavy atom. The number of thiazole rings is 1. The number of carbonyl (C=O) groups is 1. The summed E-state index contributed by atoms with van der Waals surface area (Å²) in [5.74, 6) is 1.16. The number of nitrogens with zero attached hydrogens (tertiary/aromatic N) is 2. The highest BCUT2D eigenvalue weighted by Crippen LogP contribution is 2.27. The number of likely N-dealkylation sites (tertiary alicyclic amines) is 1. The number of hydrogen-bond donors (Lipinski definition) is 1. The molecule has 0 aliphatic carbocycles. The zero-order valence-corrected chi connectivity index (χ0v) is 16.4.